The minimum atomic E-state index is -0.399. The first-order chi connectivity index (χ1) is 8.72. The summed E-state index contributed by atoms with van der Waals surface area (Å²) in [4.78, 5) is 0. The summed E-state index contributed by atoms with van der Waals surface area (Å²) in [6, 6.07) is 7.21. The van der Waals surface area contributed by atoms with E-state index in [0.29, 0.717) is 16.2 Å². The molecule has 0 atom stereocenters. The Morgan fingerprint density at radius 3 is 2.50 bits per heavy atom. The van der Waals surface area contributed by atoms with Crippen LogP contribution in [0.15, 0.2) is 66.2 Å². The average molecular weight is 260 g/mol. The Hall–Kier alpha value is -1.93. The molecule has 1 aliphatic rings. The maximum absolute atomic E-state index is 11.8. The SMILES string of the molecule is CO/C([O-])=C(\C=C1C=CC=C1)c1ccccc1Cl. The van der Waals surface area contributed by atoms with Crippen LogP contribution in [-0.2, 0) is 4.74 Å². The molecule has 0 fully saturated rings. The van der Waals surface area contributed by atoms with E-state index >= 15 is 0 Å². The molecule has 0 bridgehead atoms. The second-order valence-corrected chi connectivity index (χ2v) is 4.15. The molecule has 92 valence electrons. The van der Waals surface area contributed by atoms with Crippen molar-refractivity contribution in [2.24, 2.45) is 0 Å². The molecule has 2 rings (SSSR count). The molecule has 0 amide bonds. The standard InChI is InChI=1S/C15H13ClO2/c1-18-15(17)13(10-11-6-2-3-7-11)12-8-4-5-9-14(12)16/h2-10,17H,1H3/p-1/b15-13+. The van der Waals surface area contributed by atoms with Gasteiger partial charge < -0.3 is 9.84 Å². The van der Waals surface area contributed by atoms with E-state index in [-0.39, 0.29) is 0 Å². The number of halogens is 1. The predicted molar refractivity (Wildman–Crippen MR) is 71.7 cm³/mol. The van der Waals surface area contributed by atoms with Gasteiger partial charge in [0.15, 0.2) is 0 Å². The highest BCUT2D eigenvalue weighted by Crippen LogP contribution is 2.28. The molecule has 0 radical (unpaired) electrons. The van der Waals surface area contributed by atoms with Gasteiger partial charge in [-0.3, -0.25) is 0 Å². The Kier molecular flexibility index (Phi) is 3.90. The van der Waals surface area contributed by atoms with Crippen molar-refractivity contribution in [3.63, 3.8) is 0 Å². The number of allylic oxidation sites excluding steroid dienone is 7. The van der Waals surface area contributed by atoms with E-state index in [4.69, 9.17) is 16.3 Å². The Bertz CT molecular complexity index is 552. The van der Waals surface area contributed by atoms with Gasteiger partial charge in [-0.05, 0) is 24.8 Å². The number of benzene rings is 1. The fourth-order valence-corrected chi connectivity index (χ4v) is 1.93. The quantitative estimate of drug-likeness (QED) is 0.782. The van der Waals surface area contributed by atoms with Crippen molar-refractivity contribution >= 4 is 17.2 Å². The van der Waals surface area contributed by atoms with Crippen molar-refractivity contribution in [2.75, 3.05) is 7.11 Å². The molecule has 3 heteroatoms. The summed E-state index contributed by atoms with van der Waals surface area (Å²) >= 11 is 6.11. The third-order valence-corrected chi connectivity index (χ3v) is 2.90. The minimum Gasteiger partial charge on any atom is -0.616 e. The van der Waals surface area contributed by atoms with Crippen LogP contribution in [0.1, 0.15) is 5.56 Å². The molecule has 1 aliphatic carbocycles. The van der Waals surface area contributed by atoms with Gasteiger partial charge in [0.25, 0.3) is 0 Å². The number of rotatable bonds is 3. The summed E-state index contributed by atoms with van der Waals surface area (Å²) in [5.74, 6) is -0.399. The lowest BCUT2D eigenvalue weighted by atomic mass is 10.0. The molecular formula is C15H12ClO2-. The Morgan fingerprint density at radius 1 is 1.22 bits per heavy atom. The zero-order valence-corrected chi connectivity index (χ0v) is 10.6. The van der Waals surface area contributed by atoms with Gasteiger partial charge in [0.05, 0.1) is 5.95 Å². The summed E-state index contributed by atoms with van der Waals surface area (Å²) in [7, 11) is 1.36. The lowest BCUT2D eigenvalue weighted by molar-refractivity contribution is -0.351. The predicted octanol–water partition coefficient (Wildman–Crippen LogP) is 3.07. The van der Waals surface area contributed by atoms with Crippen molar-refractivity contribution < 1.29 is 9.84 Å². The molecular weight excluding hydrogens is 248 g/mol. The van der Waals surface area contributed by atoms with Crippen LogP contribution < -0.4 is 5.11 Å². The summed E-state index contributed by atoms with van der Waals surface area (Å²) in [6.07, 6.45) is 9.42. The number of hydrogen-bond donors (Lipinski definition) is 0. The lowest BCUT2D eigenvalue weighted by Gasteiger charge is -2.16. The number of ether oxygens (including phenoxy) is 1. The van der Waals surface area contributed by atoms with Gasteiger partial charge >= 0.3 is 0 Å². The highest BCUT2D eigenvalue weighted by atomic mass is 35.5. The van der Waals surface area contributed by atoms with E-state index < -0.39 is 5.95 Å². The minimum absolute atomic E-state index is 0.399. The molecule has 2 nitrogen and oxygen atoms in total. The summed E-state index contributed by atoms with van der Waals surface area (Å²) in [6.45, 7) is 0. The maximum Gasteiger partial charge on any atom is 0.0591 e. The van der Waals surface area contributed by atoms with E-state index in [2.05, 4.69) is 0 Å². The van der Waals surface area contributed by atoms with Gasteiger partial charge in [-0.25, -0.2) is 0 Å². The van der Waals surface area contributed by atoms with Crippen LogP contribution in [-0.4, -0.2) is 7.11 Å². The van der Waals surface area contributed by atoms with Crippen LogP contribution in [0.5, 0.6) is 0 Å². The third-order valence-electron chi connectivity index (χ3n) is 2.57. The highest BCUT2D eigenvalue weighted by Gasteiger charge is 2.06. The first-order valence-electron chi connectivity index (χ1n) is 5.49. The normalized spacial score (nSPS) is 14.7. The summed E-state index contributed by atoms with van der Waals surface area (Å²) < 4.78 is 4.80. The van der Waals surface area contributed by atoms with Crippen LogP contribution in [0.3, 0.4) is 0 Å². The third kappa shape index (κ3) is 2.66. The van der Waals surface area contributed by atoms with Crippen molar-refractivity contribution in [1.82, 2.24) is 0 Å². The molecule has 0 aliphatic heterocycles. The van der Waals surface area contributed by atoms with E-state index in [9.17, 15) is 5.11 Å². The zero-order valence-electron chi connectivity index (χ0n) is 9.89. The van der Waals surface area contributed by atoms with E-state index in [0.717, 1.165) is 5.57 Å². The molecule has 18 heavy (non-hydrogen) atoms. The Balaban J connectivity index is 2.52. The molecule has 0 N–H and O–H groups in total. The van der Waals surface area contributed by atoms with Gasteiger partial charge in [-0.15, -0.1) is 0 Å². The molecule has 0 unspecified atom stereocenters. The van der Waals surface area contributed by atoms with E-state index in [1.807, 2.05) is 36.4 Å². The topological polar surface area (TPSA) is 32.3 Å². The van der Waals surface area contributed by atoms with E-state index in [1.54, 1.807) is 18.2 Å². The monoisotopic (exact) mass is 259 g/mol. The second-order valence-electron chi connectivity index (χ2n) is 3.75. The second kappa shape index (κ2) is 5.61. The Morgan fingerprint density at radius 2 is 1.89 bits per heavy atom. The van der Waals surface area contributed by atoms with Gasteiger partial charge in [-0.2, -0.15) is 0 Å². The largest absolute Gasteiger partial charge is 0.616 e. The van der Waals surface area contributed by atoms with Gasteiger partial charge in [0.1, 0.15) is 0 Å². The van der Waals surface area contributed by atoms with Crippen molar-refractivity contribution in [3.05, 3.63) is 76.7 Å². The molecule has 1 aromatic carbocycles. The molecule has 0 saturated carbocycles. The number of methoxy groups -OCH3 is 1. The van der Waals surface area contributed by atoms with Crippen LogP contribution in [0.25, 0.3) is 5.57 Å². The van der Waals surface area contributed by atoms with Gasteiger partial charge in [0, 0.05) is 16.2 Å². The van der Waals surface area contributed by atoms with Gasteiger partial charge in [0.2, 0.25) is 0 Å². The zero-order chi connectivity index (χ0) is 13.0. The average Bonchev–Trinajstić information content (AvgIpc) is 2.89. The Labute approximate surface area is 111 Å². The van der Waals surface area contributed by atoms with Crippen LogP contribution in [0.4, 0.5) is 0 Å². The molecule has 0 heterocycles. The fraction of sp³-hybridized carbons (Fsp3) is 0.0667. The van der Waals surface area contributed by atoms with Crippen LogP contribution >= 0.6 is 11.6 Å². The summed E-state index contributed by atoms with van der Waals surface area (Å²) in [5.41, 5.74) is 2.07. The maximum atomic E-state index is 11.8. The molecule has 0 spiro atoms. The van der Waals surface area contributed by atoms with Crippen molar-refractivity contribution in [1.29, 1.82) is 0 Å². The first-order valence-corrected chi connectivity index (χ1v) is 5.87. The van der Waals surface area contributed by atoms with E-state index in [1.165, 1.54) is 7.11 Å². The van der Waals surface area contributed by atoms with Crippen LogP contribution in [0.2, 0.25) is 5.02 Å². The highest BCUT2D eigenvalue weighted by molar-refractivity contribution is 6.32. The summed E-state index contributed by atoms with van der Waals surface area (Å²) in [5, 5.41) is 12.4. The fourth-order valence-electron chi connectivity index (χ4n) is 1.69. The van der Waals surface area contributed by atoms with Crippen LogP contribution in [0, 0.1) is 0 Å². The van der Waals surface area contributed by atoms with Gasteiger partial charge in [-0.1, -0.05) is 54.1 Å². The number of hydrogen-bond acceptors (Lipinski definition) is 2. The van der Waals surface area contributed by atoms with Crippen molar-refractivity contribution in [3.8, 4) is 0 Å². The first kappa shape index (κ1) is 12.5. The molecule has 0 aromatic heterocycles. The van der Waals surface area contributed by atoms with Crippen molar-refractivity contribution in [2.45, 2.75) is 0 Å². The molecule has 0 saturated heterocycles. The lowest BCUT2D eigenvalue weighted by Crippen LogP contribution is -2.08. The molecule has 1 aromatic rings. The smallest absolute Gasteiger partial charge is 0.0591 e.